The van der Waals surface area contributed by atoms with Crippen molar-refractivity contribution in [1.82, 2.24) is 0 Å². The van der Waals surface area contributed by atoms with Crippen LogP contribution in [-0.2, 0) is 6.42 Å². The molecule has 0 amide bonds. The van der Waals surface area contributed by atoms with Gasteiger partial charge in [-0.3, -0.25) is 0 Å². The van der Waals surface area contributed by atoms with Crippen LogP contribution >= 0.6 is 0 Å². The molecular weight excluding hydrogens is 286 g/mol. The van der Waals surface area contributed by atoms with Gasteiger partial charge < -0.3 is 10.2 Å². The van der Waals surface area contributed by atoms with Crippen LogP contribution in [0.4, 0.5) is 0 Å². The molecule has 2 fully saturated rings. The summed E-state index contributed by atoms with van der Waals surface area (Å²) in [6, 6.07) is 8.19. The first kappa shape index (κ1) is 15.0. The quantitative estimate of drug-likeness (QED) is 0.830. The largest absolute Gasteiger partial charge is 0.508 e. The summed E-state index contributed by atoms with van der Waals surface area (Å²) in [6.07, 6.45) is 5.42. The van der Waals surface area contributed by atoms with Gasteiger partial charge in [0.2, 0.25) is 0 Å². The van der Waals surface area contributed by atoms with Crippen molar-refractivity contribution < 1.29 is 10.2 Å². The standard InChI is InChI=1S/C20H25NO2/c1-20-6-4-17-16-3-2-14(22)9-13(16)8-12(5-7-21)19(17)18(20)10-15(23)11-20/h2-3,9,12,15,17-19,22-23H,4-6,8,10-11H2,1H3/t12-,15+,17-,18+,19-,20-/m1/s1. The third-order valence-electron chi connectivity index (χ3n) is 6.98. The Hall–Kier alpha value is -1.53. The molecule has 122 valence electrons. The number of fused-ring (bicyclic) bond motifs is 5. The summed E-state index contributed by atoms with van der Waals surface area (Å²) in [7, 11) is 0. The Morgan fingerprint density at radius 1 is 1.39 bits per heavy atom. The number of nitriles is 1. The fraction of sp³-hybridized carbons (Fsp3) is 0.650. The van der Waals surface area contributed by atoms with Crippen molar-refractivity contribution in [3.8, 4) is 11.8 Å². The molecule has 0 unspecified atom stereocenters. The average Bonchev–Trinajstić information content (AvgIpc) is 2.81. The number of aliphatic hydroxyl groups excluding tert-OH is 1. The van der Waals surface area contributed by atoms with Crippen LogP contribution in [0.3, 0.4) is 0 Å². The van der Waals surface area contributed by atoms with Crippen molar-refractivity contribution in [2.24, 2.45) is 23.2 Å². The van der Waals surface area contributed by atoms with Crippen molar-refractivity contribution in [3.05, 3.63) is 29.3 Å². The van der Waals surface area contributed by atoms with Gasteiger partial charge in [0, 0.05) is 6.42 Å². The Bertz CT molecular complexity index is 664. The van der Waals surface area contributed by atoms with Crippen LogP contribution in [0.15, 0.2) is 18.2 Å². The van der Waals surface area contributed by atoms with Crippen molar-refractivity contribution in [2.75, 3.05) is 0 Å². The van der Waals surface area contributed by atoms with E-state index in [1.54, 1.807) is 6.07 Å². The summed E-state index contributed by atoms with van der Waals surface area (Å²) in [4.78, 5) is 0. The second-order valence-corrected chi connectivity index (χ2v) is 8.29. The number of nitrogens with zero attached hydrogens (tertiary/aromatic N) is 1. The van der Waals surface area contributed by atoms with E-state index in [0.717, 1.165) is 32.1 Å². The zero-order valence-electron chi connectivity index (χ0n) is 13.7. The second-order valence-electron chi connectivity index (χ2n) is 8.29. The van der Waals surface area contributed by atoms with Gasteiger partial charge in [-0.25, -0.2) is 0 Å². The smallest absolute Gasteiger partial charge is 0.115 e. The summed E-state index contributed by atoms with van der Waals surface area (Å²) in [5, 5.41) is 29.4. The molecule has 4 rings (SSSR count). The Labute approximate surface area is 138 Å². The Morgan fingerprint density at radius 2 is 2.22 bits per heavy atom. The first-order valence-electron chi connectivity index (χ1n) is 8.88. The fourth-order valence-corrected chi connectivity index (χ4v) is 6.11. The van der Waals surface area contributed by atoms with Crippen LogP contribution in [-0.4, -0.2) is 16.3 Å². The highest BCUT2D eigenvalue weighted by Gasteiger charge is 2.55. The van der Waals surface area contributed by atoms with Crippen LogP contribution < -0.4 is 0 Å². The molecule has 2 N–H and O–H groups in total. The Kier molecular flexibility index (Phi) is 3.43. The maximum atomic E-state index is 10.3. The van der Waals surface area contributed by atoms with Gasteiger partial charge in [0.05, 0.1) is 12.2 Å². The van der Waals surface area contributed by atoms with Crippen molar-refractivity contribution >= 4 is 0 Å². The fourth-order valence-electron chi connectivity index (χ4n) is 6.11. The lowest BCUT2D eigenvalue weighted by Crippen LogP contribution is -2.44. The third kappa shape index (κ3) is 2.27. The molecule has 0 aromatic heterocycles. The molecule has 3 nitrogen and oxygen atoms in total. The Morgan fingerprint density at radius 3 is 3.00 bits per heavy atom. The van der Waals surface area contributed by atoms with Crippen LogP contribution in [0, 0.1) is 34.5 Å². The summed E-state index contributed by atoms with van der Waals surface area (Å²) >= 11 is 0. The number of phenolic OH excluding ortho intramolecular Hbond substituents is 1. The monoisotopic (exact) mass is 311 g/mol. The summed E-state index contributed by atoms with van der Waals surface area (Å²) in [5.41, 5.74) is 2.85. The zero-order valence-corrected chi connectivity index (χ0v) is 13.7. The van der Waals surface area contributed by atoms with E-state index in [9.17, 15) is 15.5 Å². The second kappa shape index (κ2) is 5.24. The highest BCUT2D eigenvalue weighted by molar-refractivity contribution is 5.40. The van der Waals surface area contributed by atoms with Gasteiger partial charge in [-0.2, -0.15) is 5.26 Å². The van der Waals surface area contributed by atoms with Crippen molar-refractivity contribution in [1.29, 1.82) is 5.26 Å². The molecule has 0 saturated heterocycles. The highest BCUT2D eigenvalue weighted by atomic mass is 16.3. The SMILES string of the molecule is C[C@]12CC[C@@H]3c4ccc(O)cc4C[C@@H](CC#N)[C@H]3[C@@H]1C[C@H](O)C2. The topological polar surface area (TPSA) is 64.2 Å². The predicted molar refractivity (Wildman–Crippen MR) is 87.8 cm³/mol. The van der Waals surface area contributed by atoms with Gasteiger partial charge in [0.15, 0.2) is 0 Å². The van der Waals surface area contributed by atoms with Gasteiger partial charge in [-0.15, -0.1) is 0 Å². The van der Waals surface area contributed by atoms with Crippen LogP contribution in [0.25, 0.3) is 0 Å². The van der Waals surface area contributed by atoms with E-state index in [1.807, 2.05) is 6.07 Å². The maximum absolute atomic E-state index is 10.3. The lowest BCUT2D eigenvalue weighted by Gasteiger charge is -2.52. The minimum atomic E-state index is -0.173. The average molecular weight is 311 g/mol. The molecule has 23 heavy (non-hydrogen) atoms. The molecule has 1 aromatic rings. The highest BCUT2D eigenvalue weighted by Crippen LogP contribution is 2.62. The zero-order chi connectivity index (χ0) is 16.2. The molecule has 0 radical (unpaired) electrons. The summed E-state index contributed by atoms with van der Waals surface area (Å²) < 4.78 is 0. The number of benzene rings is 1. The summed E-state index contributed by atoms with van der Waals surface area (Å²) in [6.45, 7) is 2.35. The van der Waals surface area contributed by atoms with Gasteiger partial charge >= 0.3 is 0 Å². The maximum Gasteiger partial charge on any atom is 0.115 e. The summed E-state index contributed by atoms with van der Waals surface area (Å²) in [5.74, 6) is 2.20. The number of rotatable bonds is 1. The van der Waals surface area contributed by atoms with Crippen LogP contribution in [0.5, 0.6) is 5.75 Å². The van der Waals surface area contributed by atoms with E-state index >= 15 is 0 Å². The normalized spacial score (nSPS) is 41.5. The molecule has 2 saturated carbocycles. The number of aromatic hydroxyl groups is 1. The van der Waals surface area contributed by atoms with Gasteiger partial charge in [0.25, 0.3) is 0 Å². The van der Waals surface area contributed by atoms with Gasteiger partial charge in [0.1, 0.15) is 5.75 Å². The molecular formula is C20H25NO2. The lowest BCUT2D eigenvalue weighted by molar-refractivity contribution is 0.0272. The third-order valence-corrected chi connectivity index (χ3v) is 6.98. The van der Waals surface area contributed by atoms with Gasteiger partial charge in [-0.1, -0.05) is 13.0 Å². The molecule has 0 spiro atoms. The van der Waals surface area contributed by atoms with E-state index in [-0.39, 0.29) is 11.5 Å². The Balaban J connectivity index is 1.77. The van der Waals surface area contributed by atoms with Crippen LogP contribution in [0.2, 0.25) is 0 Å². The van der Waals surface area contributed by atoms with E-state index in [2.05, 4.69) is 19.1 Å². The minimum absolute atomic E-state index is 0.173. The number of hydrogen-bond acceptors (Lipinski definition) is 3. The van der Waals surface area contributed by atoms with E-state index in [4.69, 9.17) is 0 Å². The van der Waals surface area contributed by atoms with Crippen molar-refractivity contribution in [3.63, 3.8) is 0 Å². The first-order chi connectivity index (χ1) is 11.0. The van der Waals surface area contributed by atoms with Gasteiger partial charge in [-0.05, 0) is 84.5 Å². The van der Waals surface area contributed by atoms with E-state index in [1.165, 1.54) is 11.1 Å². The molecule has 3 heteroatoms. The lowest BCUT2D eigenvalue weighted by atomic mass is 9.52. The number of aliphatic hydroxyl groups is 1. The minimum Gasteiger partial charge on any atom is -0.508 e. The molecule has 0 heterocycles. The molecule has 3 aliphatic carbocycles. The van der Waals surface area contributed by atoms with E-state index in [0.29, 0.717) is 35.8 Å². The number of hydrogen-bond donors (Lipinski definition) is 2. The predicted octanol–water partition coefficient (Wildman–Crippen LogP) is 3.75. The van der Waals surface area contributed by atoms with E-state index < -0.39 is 0 Å². The van der Waals surface area contributed by atoms with Crippen molar-refractivity contribution in [2.45, 2.75) is 57.5 Å². The molecule has 0 bridgehead atoms. The van der Waals surface area contributed by atoms with Crippen LogP contribution in [0.1, 0.15) is 56.1 Å². The number of phenols is 1. The molecule has 3 aliphatic rings. The molecule has 0 aliphatic heterocycles. The molecule has 1 aromatic carbocycles. The first-order valence-corrected chi connectivity index (χ1v) is 8.88. The molecule has 6 atom stereocenters.